The van der Waals surface area contributed by atoms with Crippen LogP contribution >= 0.6 is 0 Å². The van der Waals surface area contributed by atoms with Gasteiger partial charge >= 0.3 is 0 Å². The molecule has 0 radical (unpaired) electrons. The van der Waals surface area contributed by atoms with Crippen LogP contribution in [0.3, 0.4) is 0 Å². The molecule has 4 heterocycles. The minimum absolute atomic E-state index is 0.0487. The molecule has 3 aliphatic heterocycles. The summed E-state index contributed by atoms with van der Waals surface area (Å²) >= 11 is 0. The van der Waals surface area contributed by atoms with Crippen molar-refractivity contribution in [1.29, 1.82) is 0 Å². The van der Waals surface area contributed by atoms with Gasteiger partial charge in [0.15, 0.2) is 18.2 Å². The first-order valence-electron chi connectivity index (χ1n) is 16.8. The van der Waals surface area contributed by atoms with Gasteiger partial charge in [0.05, 0.1) is 26.4 Å². The molecule has 0 spiro atoms. The number of hydrogen-bond acceptors (Lipinski definition) is 20. The van der Waals surface area contributed by atoms with Gasteiger partial charge in [-0.05, 0) is 31.2 Å². The van der Waals surface area contributed by atoms with E-state index in [0.29, 0.717) is 0 Å². The van der Waals surface area contributed by atoms with Crippen molar-refractivity contribution in [3.05, 3.63) is 46.6 Å². The molecule has 2 aromatic carbocycles. The number of aliphatic hydroxyl groups is 10. The van der Waals surface area contributed by atoms with Gasteiger partial charge in [0, 0.05) is 17.7 Å². The van der Waals surface area contributed by atoms with Crippen molar-refractivity contribution in [2.45, 2.75) is 99.0 Å². The van der Waals surface area contributed by atoms with Crippen molar-refractivity contribution < 1.29 is 93.7 Å². The molecule has 298 valence electrons. The number of methoxy groups -OCH3 is 1. The molecule has 20 heteroatoms. The second kappa shape index (κ2) is 16.2. The number of ether oxygens (including phenoxy) is 7. The summed E-state index contributed by atoms with van der Waals surface area (Å²) in [5, 5.41) is 113. The van der Waals surface area contributed by atoms with Crippen LogP contribution < -0.4 is 19.6 Å². The highest BCUT2D eigenvalue weighted by Gasteiger charge is 2.51. The summed E-state index contributed by atoms with van der Waals surface area (Å²) in [6.45, 7) is -0.147. The molecule has 20 nitrogen and oxygen atoms in total. The van der Waals surface area contributed by atoms with Crippen LogP contribution in [0, 0.1) is 0 Å². The molecule has 1 aromatic heterocycles. The number of aromatic hydroxyl groups is 1. The van der Waals surface area contributed by atoms with E-state index in [2.05, 4.69) is 0 Å². The van der Waals surface area contributed by atoms with Gasteiger partial charge in [0.2, 0.25) is 23.8 Å². The van der Waals surface area contributed by atoms with E-state index in [9.17, 15) is 61.0 Å². The van der Waals surface area contributed by atoms with Crippen LogP contribution in [0.1, 0.15) is 6.92 Å². The van der Waals surface area contributed by atoms with Crippen molar-refractivity contribution in [1.82, 2.24) is 0 Å². The number of benzene rings is 2. The first kappa shape index (κ1) is 40.0. The Kier molecular flexibility index (Phi) is 12.0. The van der Waals surface area contributed by atoms with Crippen molar-refractivity contribution in [2.75, 3.05) is 20.3 Å². The smallest absolute Gasteiger partial charge is 0.239 e. The lowest BCUT2D eigenvalue weighted by Crippen LogP contribution is -2.64. The maximum absolute atomic E-state index is 14.2. The molecule has 3 fully saturated rings. The number of aliphatic hydroxyl groups excluding tert-OH is 10. The molecule has 1 unspecified atom stereocenters. The van der Waals surface area contributed by atoms with Crippen LogP contribution in [0.5, 0.6) is 23.0 Å². The Morgan fingerprint density at radius 3 is 1.89 bits per heavy atom. The zero-order valence-electron chi connectivity index (χ0n) is 28.6. The van der Waals surface area contributed by atoms with Gasteiger partial charge in [-0.25, -0.2) is 0 Å². The van der Waals surface area contributed by atoms with Crippen molar-refractivity contribution in [3.63, 3.8) is 0 Å². The number of hydrogen-bond donors (Lipinski definition) is 11. The standard InChI is InChI=1S/C34H42O20/c1-11-20(38)24(42)27(45)32(48-11)54-31-26(44)22(40)18(10-36)52-34(31)53-30-23(41)19-15(37)7-14(47-2)8-16(19)50-29(30)12-3-5-13(6-4-12)49-33-28(46)25(43)21(39)17(9-35)51-33/h3-8,11,17-18,20-22,24-28,31-40,42-46H,9-10H2,1-2H3/t11-,17+,18-,20-,21+,22-,24+,25-,26+,27-,28+,31-,32-,33?,34+/m0/s1. The van der Waals surface area contributed by atoms with E-state index in [4.69, 9.17) is 37.6 Å². The van der Waals surface area contributed by atoms with E-state index >= 15 is 0 Å². The minimum atomic E-state index is -1.93. The van der Waals surface area contributed by atoms with Crippen molar-refractivity contribution in [3.8, 4) is 34.3 Å². The molecular weight excluding hydrogens is 728 g/mol. The average molecular weight is 771 g/mol. The molecule has 0 bridgehead atoms. The van der Waals surface area contributed by atoms with E-state index in [1.54, 1.807) is 0 Å². The molecule has 0 saturated carbocycles. The van der Waals surface area contributed by atoms with Crippen LogP contribution in [0.2, 0.25) is 0 Å². The zero-order chi connectivity index (χ0) is 39.2. The number of phenolic OH excluding ortho intramolecular Hbond substituents is 1. The van der Waals surface area contributed by atoms with Gasteiger partial charge in [-0.15, -0.1) is 0 Å². The SMILES string of the molecule is COc1cc(O)c2c(=O)c(O[C@H]3O[C@@H](CO)[C@H](O)[C@@H](O)[C@@H]3O[C@@H]3O[C@@H](C)[C@H](O)[C@@H](O)[C@@H]3O)c(-c3ccc(OC4O[C@H](CO)[C@@H](O)[C@H](O)[C@H]4O)cc3)oc2c1. The van der Waals surface area contributed by atoms with Gasteiger partial charge in [-0.2, -0.15) is 0 Å². The molecule has 54 heavy (non-hydrogen) atoms. The predicted molar refractivity (Wildman–Crippen MR) is 176 cm³/mol. The topological polar surface area (TPSA) is 317 Å². The molecule has 3 saturated heterocycles. The number of phenols is 1. The van der Waals surface area contributed by atoms with E-state index in [0.717, 1.165) is 6.07 Å². The highest BCUT2D eigenvalue weighted by Crippen LogP contribution is 2.39. The third-order valence-electron chi connectivity index (χ3n) is 9.52. The Bertz CT molecular complexity index is 1800. The molecule has 0 amide bonds. The Hall–Kier alpha value is -3.71. The Morgan fingerprint density at radius 1 is 0.667 bits per heavy atom. The fourth-order valence-electron chi connectivity index (χ4n) is 6.35. The summed E-state index contributed by atoms with van der Waals surface area (Å²) in [5.41, 5.74) is -1.02. The van der Waals surface area contributed by atoms with E-state index in [1.165, 1.54) is 44.4 Å². The zero-order valence-corrected chi connectivity index (χ0v) is 28.6. The quantitative estimate of drug-likeness (QED) is 0.0948. The lowest BCUT2D eigenvalue weighted by atomic mass is 9.97. The van der Waals surface area contributed by atoms with Gasteiger partial charge in [-0.3, -0.25) is 4.79 Å². The largest absolute Gasteiger partial charge is 0.507 e. The average Bonchev–Trinajstić information content (AvgIpc) is 3.16. The van der Waals surface area contributed by atoms with Gasteiger partial charge in [0.25, 0.3) is 0 Å². The van der Waals surface area contributed by atoms with Gasteiger partial charge in [-0.1, -0.05) is 0 Å². The lowest BCUT2D eigenvalue weighted by Gasteiger charge is -2.45. The summed E-state index contributed by atoms with van der Waals surface area (Å²) in [6.07, 6.45) is -24.6. The van der Waals surface area contributed by atoms with Gasteiger partial charge < -0.3 is 93.7 Å². The molecule has 3 aromatic rings. The maximum Gasteiger partial charge on any atom is 0.239 e. The van der Waals surface area contributed by atoms with Crippen LogP contribution in [0.15, 0.2) is 45.6 Å². The van der Waals surface area contributed by atoms with Crippen LogP contribution in [-0.4, -0.2) is 169 Å². The number of rotatable bonds is 10. The first-order valence-corrected chi connectivity index (χ1v) is 16.8. The Balaban J connectivity index is 1.38. The van der Waals surface area contributed by atoms with E-state index < -0.39 is 122 Å². The van der Waals surface area contributed by atoms with Crippen LogP contribution in [0.4, 0.5) is 0 Å². The summed E-state index contributed by atoms with van der Waals surface area (Å²) in [5.74, 6) is -1.35. The lowest BCUT2D eigenvalue weighted by molar-refractivity contribution is -0.354. The fraction of sp³-hybridized carbons (Fsp3) is 0.559. The minimum Gasteiger partial charge on any atom is -0.507 e. The van der Waals surface area contributed by atoms with Gasteiger partial charge in [0.1, 0.15) is 89.3 Å². The summed E-state index contributed by atoms with van der Waals surface area (Å²) in [4.78, 5) is 14.2. The molecule has 3 aliphatic rings. The summed E-state index contributed by atoms with van der Waals surface area (Å²) < 4.78 is 45.4. The van der Waals surface area contributed by atoms with Crippen LogP contribution in [0.25, 0.3) is 22.3 Å². The summed E-state index contributed by atoms with van der Waals surface area (Å²) in [6, 6.07) is 7.90. The summed E-state index contributed by atoms with van der Waals surface area (Å²) in [7, 11) is 1.32. The predicted octanol–water partition coefficient (Wildman–Crippen LogP) is -3.62. The monoisotopic (exact) mass is 770 g/mol. The van der Waals surface area contributed by atoms with E-state index in [1.807, 2.05) is 0 Å². The maximum atomic E-state index is 14.2. The third kappa shape index (κ3) is 7.46. The molecule has 6 rings (SSSR count). The van der Waals surface area contributed by atoms with E-state index in [-0.39, 0.29) is 33.8 Å². The number of fused-ring (bicyclic) bond motifs is 1. The van der Waals surface area contributed by atoms with Crippen molar-refractivity contribution >= 4 is 11.0 Å². The second-order valence-electron chi connectivity index (χ2n) is 13.1. The Morgan fingerprint density at radius 2 is 1.26 bits per heavy atom. The highest BCUT2D eigenvalue weighted by molar-refractivity contribution is 5.88. The molecular formula is C34H42O20. The molecule has 0 aliphatic carbocycles. The first-order chi connectivity index (χ1) is 25.7. The molecule has 15 atom stereocenters. The van der Waals surface area contributed by atoms with Crippen LogP contribution in [-0.2, 0) is 18.9 Å². The van der Waals surface area contributed by atoms with Crippen molar-refractivity contribution in [2.24, 2.45) is 0 Å². The highest BCUT2D eigenvalue weighted by atomic mass is 16.8. The fourth-order valence-corrected chi connectivity index (χ4v) is 6.35. The molecule has 11 N–H and O–H groups in total. The second-order valence-corrected chi connectivity index (χ2v) is 13.1. The third-order valence-corrected chi connectivity index (χ3v) is 9.52. The Labute approximate surface area is 305 Å². The normalized spacial score (nSPS) is 37.2.